The van der Waals surface area contributed by atoms with Gasteiger partial charge < -0.3 is 15.4 Å². The number of aromatic amines is 1. The summed E-state index contributed by atoms with van der Waals surface area (Å²) in [5, 5.41) is 14.0. The summed E-state index contributed by atoms with van der Waals surface area (Å²) in [7, 11) is 0. The van der Waals surface area contributed by atoms with Crippen LogP contribution in [0.15, 0.2) is 18.2 Å². The third-order valence-electron chi connectivity index (χ3n) is 4.78. The lowest BCUT2D eigenvalue weighted by atomic mass is 9.82. The van der Waals surface area contributed by atoms with Gasteiger partial charge in [0, 0.05) is 23.1 Å². The minimum absolute atomic E-state index is 0.116. The summed E-state index contributed by atoms with van der Waals surface area (Å²) < 4.78 is 0. The monoisotopic (exact) mass is 286 g/mol. The van der Waals surface area contributed by atoms with Crippen LogP contribution in [-0.2, 0) is 23.2 Å². The molecule has 0 saturated heterocycles. The highest BCUT2D eigenvalue weighted by molar-refractivity contribution is 5.88. The number of hydrogen-bond donors (Lipinski definition) is 3. The first-order valence-electron chi connectivity index (χ1n) is 7.71. The van der Waals surface area contributed by atoms with E-state index in [0.717, 1.165) is 31.5 Å². The van der Waals surface area contributed by atoms with Crippen molar-refractivity contribution < 1.29 is 9.90 Å². The zero-order chi connectivity index (χ0) is 15.0. The molecule has 1 aromatic carbocycles. The van der Waals surface area contributed by atoms with Crippen molar-refractivity contribution >= 4 is 16.9 Å². The Labute approximate surface area is 124 Å². The molecule has 1 aromatic heterocycles. The molecule has 3 N–H and O–H groups in total. The van der Waals surface area contributed by atoms with Gasteiger partial charge in [-0.2, -0.15) is 0 Å². The van der Waals surface area contributed by atoms with Crippen molar-refractivity contribution in [1.29, 1.82) is 0 Å². The number of carboxylic acid groups (broad SMARTS) is 1. The number of para-hydroxylation sites is 1. The molecule has 0 bridgehead atoms. The number of rotatable bonds is 4. The molecule has 0 radical (unpaired) electrons. The van der Waals surface area contributed by atoms with E-state index in [4.69, 9.17) is 0 Å². The first-order valence-corrected chi connectivity index (χ1v) is 7.71. The van der Waals surface area contributed by atoms with Crippen LogP contribution in [0.2, 0.25) is 0 Å². The molecule has 112 valence electrons. The summed E-state index contributed by atoms with van der Waals surface area (Å²) >= 11 is 0. The van der Waals surface area contributed by atoms with E-state index < -0.39 is 11.5 Å². The van der Waals surface area contributed by atoms with E-state index in [1.165, 1.54) is 22.0 Å². The van der Waals surface area contributed by atoms with Crippen LogP contribution in [0.25, 0.3) is 10.9 Å². The lowest BCUT2D eigenvalue weighted by Gasteiger charge is -2.36. The van der Waals surface area contributed by atoms with Gasteiger partial charge in [0.1, 0.15) is 0 Å². The molecule has 1 aliphatic rings. The molecule has 4 nitrogen and oxygen atoms in total. The maximum Gasteiger partial charge on any atom is 0.305 e. The van der Waals surface area contributed by atoms with Crippen LogP contribution < -0.4 is 5.32 Å². The van der Waals surface area contributed by atoms with Crippen molar-refractivity contribution in [2.24, 2.45) is 0 Å². The van der Waals surface area contributed by atoms with Crippen molar-refractivity contribution in [2.75, 3.05) is 6.54 Å². The van der Waals surface area contributed by atoms with Crippen LogP contribution in [0.4, 0.5) is 0 Å². The van der Waals surface area contributed by atoms with E-state index in [1.54, 1.807) is 0 Å². The molecule has 2 heterocycles. The quantitative estimate of drug-likeness (QED) is 0.809. The molecule has 0 aliphatic carbocycles. The van der Waals surface area contributed by atoms with Crippen molar-refractivity contribution in [3.63, 3.8) is 0 Å². The Kier molecular flexibility index (Phi) is 3.49. The molecule has 0 unspecified atom stereocenters. The van der Waals surface area contributed by atoms with Gasteiger partial charge in [-0.25, -0.2) is 0 Å². The normalized spacial score (nSPS) is 21.4. The molecule has 0 fully saturated rings. The maximum absolute atomic E-state index is 11.3. The third-order valence-corrected chi connectivity index (χ3v) is 4.78. The van der Waals surface area contributed by atoms with Crippen LogP contribution in [-0.4, -0.2) is 22.6 Å². The Bertz CT molecular complexity index is 689. The molecule has 0 saturated carbocycles. The average Bonchev–Trinajstić information content (AvgIpc) is 2.87. The second-order valence-corrected chi connectivity index (χ2v) is 5.85. The Morgan fingerprint density at radius 2 is 2.19 bits per heavy atom. The zero-order valence-corrected chi connectivity index (χ0v) is 12.6. The number of hydrogen-bond acceptors (Lipinski definition) is 2. The first-order chi connectivity index (χ1) is 10.1. The summed E-state index contributed by atoms with van der Waals surface area (Å²) in [5.74, 6) is -0.758. The van der Waals surface area contributed by atoms with Crippen LogP contribution in [0.3, 0.4) is 0 Å². The predicted octanol–water partition coefficient (Wildman–Crippen LogP) is 2.96. The molecular weight excluding hydrogens is 264 g/mol. The summed E-state index contributed by atoms with van der Waals surface area (Å²) in [6, 6.07) is 6.39. The Morgan fingerprint density at radius 1 is 1.38 bits per heavy atom. The van der Waals surface area contributed by atoms with E-state index in [-0.39, 0.29) is 6.42 Å². The fourth-order valence-corrected chi connectivity index (χ4v) is 3.65. The maximum atomic E-state index is 11.3. The van der Waals surface area contributed by atoms with Crippen molar-refractivity contribution in [2.45, 2.75) is 45.1 Å². The topological polar surface area (TPSA) is 65.1 Å². The van der Waals surface area contributed by atoms with Gasteiger partial charge in [0.2, 0.25) is 0 Å². The van der Waals surface area contributed by atoms with E-state index >= 15 is 0 Å². The molecule has 3 rings (SSSR count). The second-order valence-electron chi connectivity index (χ2n) is 5.85. The Hall–Kier alpha value is -1.81. The van der Waals surface area contributed by atoms with E-state index in [1.807, 2.05) is 0 Å². The van der Waals surface area contributed by atoms with Crippen molar-refractivity contribution in [1.82, 2.24) is 10.3 Å². The number of aliphatic carboxylic acids is 1. The summed E-state index contributed by atoms with van der Waals surface area (Å²) in [4.78, 5) is 14.9. The van der Waals surface area contributed by atoms with Gasteiger partial charge in [-0.3, -0.25) is 4.79 Å². The molecule has 0 amide bonds. The lowest BCUT2D eigenvalue weighted by Crippen LogP contribution is -2.48. The molecular formula is C17H22N2O2. The first kappa shape index (κ1) is 14.1. The minimum atomic E-state index is -0.758. The van der Waals surface area contributed by atoms with E-state index in [9.17, 15) is 9.90 Å². The van der Waals surface area contributed by atoms with Gasteiger partial charge in [0.05, 0.1) is 12.0 Å². The minimum Gasteiger partial charge on any atom is -0.481 e. The number of nitrogens with one attached hydrogen (secondary N) is 2. The summed E-state index contributed by atoms with van der Waals surface area (Å²) in [6.07, 6.45) is 2.80. The van der Waals surface area contributed by atoms with E-state index in [2.05, 4.69) is 42.3 Å². The highest BCUT2D eigenvalue weighted by Gasteiger charge is 2.39. The number of carboxylic acids is 1. The number of benzene rings is 1. The predicted molar refractivity (Wildman–Crippen MR) is 83.6 cm³/mol. The van der Waals surface area contributed by atoms with Gasteiger partial charge >= 0.3 is 5.97 Å². The summed E-state index contributed by atoms with van der Waals surface area (Å²) in [6.45, 7) is 5.03. The number of carbonyl (C=O) groups is 1. The highest BCUT2D eigenvalue weighted by atomic mass is 16.4. The van der Waals surface area contributed by atoms with Crippen LogP contribution >= 0.6 is 0 Å². The molecule has 1 atom stereocenters. The van der Waals surface area contributed by atoms with Gasteiger partial charge in [-0.1, -0.05) is 32.0 Å². The fraction of sp³-hybridized carbons (Fsp3) is 0.471. The highest BCUT2D eigenvalue weighted by Crippen LogP contribution is 2.38. The largest absolute Gasteiger partial charge is 0.481 e. The third kappa shape index (κ3) is 2.14. The van der Waals surface area contributed by atoms with Gasteiger partial charge in [0.25, 0.3) is 0 Å². The van der Waals surface area contributed by atoms with Gasteiger partial charge in [-0.15, -0.1) is 0 Å². The lowest BCUT2D eigenvalue weighted by molar-refractivity contribution is -0.139. The van der Waals surface area contributed by atoms with Crippen molar-refractivity contribution in [3.8, 4) is 0 Å². The summed E-state index contributed by atoms with van der Waals surface area (Å²) in [5.41, 5.74) is 4.37. The zero-order valence-electron chi connectivity index (χ0n) is 12.6. The number of aromatic nitrogens is 1. The molecule has 1 aliphatic heterocycles. The smallest absolute Gasteiger partial charge is 0.305 e. The van der Waals surface area contributed by atoms with Crippen molar-refractivity contribution in [3.05, 3.63) is 35.0 Å². The average molecular weight is 286 g/mol. The van der Waals surface area contributed by atoms with Gasteiger partial charge in [0.15, 0.2) is 0 Å². The molecule has 21 heavy (non-hydrogen) atoms. The van der Waals surface area contributed by atoms with E-state index in [0.29, 0.717) is 0 Å². The Morgan fingerprint density at radius 3 is 2.86 bits per heavy atom. The SMILES string of the molecule is CCc1cccc2c3c([nH]c12)[C@@](CC)(CC(=O)O)NCC3. The van der Waals surface area contributed by atoms with Crippen LogP contribution in [0.5, 0.6) is 0 Å². The molecule has 2 aromatic rings. The molecule has 4 heteroatoms. The fourth-order valence-electron chi connectivity index (χ4n) is 3.65. The number of fused-ring (bicyclic) bond motifs is 3. The van der Waals surface area contributed by atoms with Crippen LogP contribution in [0, 0.1) is 0 Å². The molecule has 0 spiro atoms. The second kappa shape index (κ2) is 5.19. The standard InChI is InChI=1S/C17H22N2O2/c1-3-11-6-5-7-12-13-8-9-18-17(4-2,10-14(20)21)16(13)19-15(11)12/h5-7,18-19H,3-4,8-10H2,1-2H3,(H,20,21)/t17-/m1/s1. The number of aryl methyl sites for hydroxylation is 1. The Balaban J connectivity index is 2.24. The van der Waals surface area contributed by atoms with Crippen LogP contribution in [0.1, 0.15) is 43.5 Å². The van der Waals surface area contributed by atoms with Gasteiger partial charge in [-0.05, 0) is 30.4 Å². The number of H-pyrrole nitrogens is 1.